The number of carbonyl (C=O) groups is 1. The molecule has 1 atom stereocenters. The molecule has 1 saturated heterocycles. The van der Waals surface area contributed by atoms with E-state index < -0.39 is 0 Å². The zero-order valence-electron chi connectivity index (χ0n) is 14.6. The largest absolute Gasteiger partial charge is 0.360 e. The molecule has 7 nitrogen and oxygen atoms in total. The Kier molecular flexibility index (Phi) is 4.24. The molecule has 1 N–H and O–H groups in total. The van der Waals surface area contributed by atoms with Crippen LogP contribution in [0, 0.1) is 12.3 Å². The third-order valence-electron chi connectivity index (χ3n) is 5.46. The van der Waals surface area contributed by atoms with E-state index >= 15 is 0 Å². The van der Waals surface area contributed by atoms with Gasteiger partial charge in [0.1, 0.15) is 10.8 Å². The van der Waals surface area contributed by atoms with Crippen molar-refractivity contribution >= 4 is 23.2 Å². The molecule has 8 heteroatoms. The molecule has 2 aromatic rings. The van der Waals surface area contributed by atoms with Crippen molar-refractivity contribution < 1.29 is 9.32 Å². The quantitative estimate of drug-likeness (QED) is 0.906. The maximum Gasteiger partial charge on any atom is 0.323 e. The van der Waals surface area contributed by atoms with E-state index in [-0.39, 0.29) is 6.03 Å². The Bertz CT molecular complexity index is 736. The van der Waals surface area contributed by atoms with Crippen LogP contribution >= 0.6 is 11.3 Å². The number of carbonyl (C=O) groups excluding carboxylic acids is 1. The van der Waals surface area contributed by atoms with Gasteiger partial charge in [0.05, 0.1) is 6.54 Å². The van der Waals surface area contributed by atoms with Crippen molar-refractivity contribution in [1.29, 1.82) is 0 Å². The first-order chi connectivity index (χ1) is 12.1. The Hall–Kier alpha value is -1.93. The molecule has 0 bridgehead atoms. The Morgan fingerprint density at radius 3 is 2.96 bits per heavy atom. The fourth-order valence-corrected chi connectivity index (χ4v) is 4.59. The molecule has 0 unspecified atom stereocenters. The first-order valence-corrected chi connectivity index (χ1v) is 9.52. The summed E-state index contributed by atoms with van der Waals surface area (Å²) in [6, 6.07) is 2.25. The van der Waals surface area contributed by atoms with Gasteiger partial charge in [-0.25, -0.2) is 9.78 Å². The number of likely N-dealkylation sites (tertiary alicyclic amines) is 1. The van der Waals surface area contributed by atoms with Crippen LogP contribution in [0.3, 0.4) is 0 Å². The van der Waals surface area contributed by atoms with Gasteiger partial charge >= 0.3 is 6.03 Å². The Morgan fingerprint density at radius 2 is 2.32 bits per heavy atom. The molecule has 2 aromatic heterocycles. The van der Waals surface area contributed by atoms with Crippen LogP contribution in [0.2, 0.25) is 0 Å². The average Bonchev–Trinajstić information content (AvgIpc) is 2.92. The topological polar surface area (TPSA) is 74.5 Å². The number of thiazole rings is 1. The maximum absolute atomic E-state index is 12.4. The smallest absolute Gasteiger partial charge is 0.323 e. The third-order valence-corrected chi connectivity index (χ3v) is 6.22. The predicted octanol–water partition coefficient (Wildman–Crippen LogP) is 2.96. The SMILES string of the molecule is Cc1cc(NC(=O)N2CCC3(CC2)C[C@@H]3N(C)Cc2nccs2)no1. The van der Waals surface area contributed by atoms with E-state index in [9.17, 15) is 4.79 Å². The first kappa shape index (κ1) is 16.5. The maximum atomic E-state index is 12.4. The molecule has 1 saturated carbocycles. The molecule has 2 amide bonds. The highest BCUT2D eigenvalue weighted by Crippen LogP contribution is 2.56. The molecule has 2 aliphatic rings. The van der Waals surface area contributed by atoms with Crippen molar-refractivity contribution in [2.24, 2.45) is 5.41 Å². The van der Waals surface area contributed by atoms with Gasteiger partial charge < -0.3 is 9.42 Å². The normalized spacial score (nSPS) is 21.7. The van der Waals surface area contributed by atoms with Crippen LogP contribution in [0.25, 0.3) is 0 Å². The number of nitrogens with zero attached hydrogens (tertiary/aromatic N) is 4. The highest BCUT2D eigenvalue weighted by atomic mass is 32.1. The van der Waals surface area contributed by atoms with E-state index in [1.54, 1.807) is 17.4 Å². The lowest BCUT2D eigenvalue weighted by atomic mass is 9.92. The van der Waals surface area contributed by atoms with Gasteiger partial charge in [0, 0.05) is 36.8 Å². The van der Waals surface area contributed by atoms with Gasteiger partial charge in [-0.05, 0) is 38.6 Å². The summed E-state index contributed by atoms with van der Waals surface area (Å²) in [5, 5.41) is 9.82. The molecule has 0 aromatic carbocycles. The second-order valence-corrected chi connectivity index (χ2v) is 8.14. The van der Waals surface area contributed by atoms with Gasteiger partial charge in [0.15, 0.2) is 5.82 Å². The number of aromatic nitrogens is 2. The number of urea groups is 1. The summed E-state index contributed by atoms with van der Waals surface area (Å²) in [6.07, 6.45) is 5.22. The minimum atomic E-state index is -0.0866. The molecule has 4 rings (SSSR count). The number of anilines is 1. The van der Waals surface area contributed by atoms with Crippen LogP contribution in [0.15, 0.2) is 22.2 Å². The number of rotatable bonds is 4. The van der Waals surface area contributed by atoms with Crippen LogP contribution in [-0.2, 0) is 6.54 Å². The summed E-state index contributed by atoms with van der Waals surface area (Å²) in [6.45, 7) is 4.32. The molecular weight excluding hydrogens is 338 g/mol. The van der Waals surface area contributed by atoms with Crippen molar-refractivity contribution in [3.05, 3.63) is 28.4 Å². The minimum absolute atomic E-state index is 0.0866. The summed E-state index contributed by atoms with van der Waals surface area (Å²) in [4.78, 5) is 21.0. The number of aryl methyl sites for hydroxylation is 1. The molecule has 134 valence electrons. The predicted molar refractivity (Wildman–Crippen MR) is 95.5 cm³/mol. The highest BCUT2D eigenvalue weighted by molar-refractivity contribution is 7.09. The number of hydrogen-bond acceptors (Lipinski definition) is 6. The Balaban J connectivity index is 1.28. The van der Waals surface area contributed by atoms with Gasteiger partial charge in [-0.2, -0.15) is 0 Å². The van der Waals surface area contributed by atoms with E-state index in [0.717, 1.165) is 32.5 Å². The number of amides is 2. The number of nitrogens with one attached hydrogen (secondary N) is 1. The van der Waals surface area contributed by atoms with Gasteiger partial charge in [-0.15, -0.1) is 11.3 Å². The van der Waals surface area contributed by atoms with E-state index in [2.05, 4.69) is 27.4 Å². The van der Waals surface area contributed by atoms with Crippen molar-refractivity contribution in [2.75, 3.05) is 25.5 Å². The first-order valence-electron chi connectivity index (χ1n) is 8.64. The van der Waals surface area contributed by atoms with E-state index in [4.69, 9.17) is 4.52 Å². The van der Waals surface area contributed by atoms with Crippen LogP contribution in [-0.4, -0.2) is 52.2 Å². The Labute approximate surface area is 151 Å². The van der Waals surface area contributed by atoms with Crippen LogP contribution in [0.4, 0.5) is 10.6 Å². The summed E-state index contributed by atoms with van der Waals surface area (Å²) < 4.78 is 4.99. The van der Waals surface area contributed by atoms with Crippen LogP contribution < -0.4 is 5.32 Å². The molecule has 1 spiro atoms. The van der Waals surface area contributed by atoms with E-state index in [1.165, 1.54) is 11.4 Å². The molecule has 1 aliphatic heterocycles. The third kappa shape index (κ3) is 3.41. The molecule has 1 aliphatic carbocycles. The number of piperidine rings is 1. The lowest BCUT2D eigenvalue weighted by Crippen LogP contribution is -2.43. The van der Waals surface area contributed by atoms with Crippen molar-refractivity contribution in [3.8, 4) is 0 Å². The van der Waals surface area contributed by atoms with Gasteiger partial charge in [0.25, 0.3) is 0 Å². The average molecular weight is 361 g/mol. The second kappa shape index (κ2) is 6.42. The standard InChI is InChI=1S/C17H23N5O2S/c1-12-9-14(20-24-12)19-16(23)22-6-3-17(4-7-22)10-13(17)21(2)11-15-18-5-8-25-15/h5,8-9,13H,3-4,6-7,10-11H2,1-2H3,(H,19,20,23)/t13-/m0/s1. The summed E-state index contributed by atoms with van der Waals surface area (Å²) >= 11 is 1.71. The molecular formula is C17H23N5O2S. The lowest BCUT2D eigenvalue weighted by molar-refractivity contribution is 0.156. The van der Waals surface area contributed by atoms with Crippen molar-refractivity contribution in [3.63, 3.8) is 0 Å². The van der Waals surface area contributed by atoms with Gasteiger partial charge in [-0.1, -0.05) is 5.16 Å². The van der Waals surface area contributed by atoms with E-state index in [0.29, 0.717) is 23.0 Å². The molecule has 25 heavy (non-hydrogen) atoms. The van der Waals surface area contributed by atoms with Crippen LogP contribution in [0.1, 0.15) is 30.0 Å². The molecule has 2 fully saturated rings. The van der Waals surface area contributed by atoms with Gasteiger partial charge in [-0.3, -0.25) is 10.2 Å². The monoisotopic (exact) mass is 361 g/mol. The molecule has 0 radical (unpaired) electrons. The molecule has 3 heterocycles. The fourth-order valence-electron chi connectivity index (χ4n) is 3.91. The second-order valence-electron chi connectivity index (χ2n) is 7.16. The lowest BCUT2D eigenvalue weighted by Gasteiger charge is -2.33. The zero-order chi connectivity index (χ0) is 17.4. The Morgan fingerprint density at radius 1 is 1.52 bits per heavy atom. The minimum Gasteiger partial charge on any atom is -0.360 e. The number of hydrogen-bond donors (Lipinski definition) is 1. The highest BCUT2D eigenvalue weighted by Gasteiger charge is 2.56. The fraction of sp³-hybridized carbons (Fsp3) is 0.588. The summed E-state index contributed by atoms with van der Waals surface area (Å²) in [5.41, 5.74) is 0.382. The van der Waals surface area contributed by atoms with Crippen LogP contribution in [0.5, 0.6) is 0 Å². The summed E-state index contributed by atoms with van der Waals surface area (Å²) in [5.74, 6) is 1.17. The van der Waals surface area contributed by atoms with Crippen molar-refractivity contribution in [2.45, 2.75) is 38.8 Å². The summed E-state index contributed by atoms with van der Waals surface area (Å²) in [7, 11) is 2.19. The van der Waals surface area contributed by atoms with Crippen molar-refractivity contribution in [1.82, 2.24) is 19.9 Å². The van der Waals surface area contributed by atoms with Gasteiger partial charge in [0.2, 0.25) is 0 Å². The van der Waals surface area contributed by atoms with E-state index in [1.807, 2.05) is 23.4 Å². The zero-order valence-corrected chi connectivity index (χ0v) is 15.4.